The van der Waals surface area contributed by atoms with Crippen LogP contribution in [0.2, 0.25) is 0 Å². The van der Waals surface area contributed by atoms with Crippen molar-refractivity contribution in [2.75, 3.05) is 5.32 Å². The predicted octanol–water partition coefficient (Wildman–Crippen LogP) is 0.174. The fourth-order valence-corrected chi connectivity index (χ4v) is 1.78. The number of hydrogen-bond acceptors (Lipinski definition) is 6. The molecule has 9 heteroatoms. The minimum Gasteiger partial charge on any atom is -0.409 e. The standard InChI is InChI=1S/C12H15N7O2/c1-6-4-8(7(2)17-16-6)12(20)15-11-9(10(13)18-21)5-14-19(11)3/h4-5,21H,1-3H3,(H2,13,18)(H,15,20). The zero-order valence-electron chi connectivity index (χ0n) is 11.8. The lowest BCUT2D eigenvalue weighted by atomic mass is 10.2. The van der Waals surface area contributed by atoms with Crippen molar-refractivity contribution in [1.29, 1.82) is 0 Å². The van der Waals surface area contributed by atoms with E-state index in [1.165, 1.54) is 10.9 Å². The van der Waals surface area contributed by atoms with Gasteiger partial charge in [-0.1, -0.05) is 5.16 Å². The Morgan fingerprint density at radius 3 is 2.76 bits per heavy atom. The second kappa shape index (κ2) is 5.57. The Hall–Kier alpha value is -2.97. The minimum atomic E-state index is -0.374. The lowest BCUT2D eigenvalue weighted by Crippen LogP contribution is -2.21. The van der Waals surface area contributed by atoms with E-state index < -0.39 is 0 Å². The molecule has 0 aromatic carbocycles. The molecule has 0 saturated heterocycles. The zero-order valence-corrected chi connectivity index (χ0v) is 11.8. The molecule has 0 aliphatic heterocycles. The topological polar surface area (TPSA) is 131 Å². The van der Waals surface area contributed by atoms with Crippen LogP contribution in [-0.4, -0.2) is 36.9 Å². The smallest absolute Gasteiger partial charge is 0.258 e. The molecule has 2 aromatic rings. The number of rotatable bonds is 3. The van der Waals surface area contributed by atoms with Gasteiger partial charge in [0.1, 0.15) is 5.82 Å². The molecule has 0 aliphatic carbocycles. The van der Waals surface area contributed by atoms with Gasteiger partial charge in [-0.2, -0.15) is 15.3 Å². The first-order valence-electron chi connectivity index (χ1n) is 6.06. The van der Waals surface area contributed by atoms with Gasteiger partial charge in [0, 0.05) is 7.05 Å². The number of nitrogens with one attached hydrogen (secondary N) is 1. The average Bonchev–Trinajstić information content (AvgIpc) is 2.82. The summed E-state index contributed by atoms with van der Waals surface area (Å²) in [5.41, 5.74) is 7.41. The molecule has 1 amide bonds. The van der Waals surface area contributed by atoms with Crippen LogP contribution in [0.5, 0.6) is 0 Å². The summed E-state index contributed by atoms with van der Waals surface area (Å²) in [5, 5.41) is 26.1. The van der Waals surface area contributed by atoms with Gasteiger partial charge in [-0.25, -0.2) is 0 Å². The average molecular weight is 289 g/mol. The third-order valence-electron chi connectivity index (χ3n) is 2.90. The van der Waals surface area contributed by atoms with E-state index in [0.29, 0.717) is 28.3 Å². The van der Waals surface area contributed by atoms with E-state index in [2.05, 4.69) is 25.8 Å². The number of oxime groups is 1. The zero-order chi connectivity index (χ0) is 15.6. The SMILES string of the molecule is Cc1cc(C(=O)Nc2c(/C(N)=N/O)cnn2C)c(C)nn1. The van der Waals surface area contributed by atoms with Gasteiger partial charge < -0.3 is 16.3 Å². The van der Waals surface area contributed by atoms with E-state index in [9.17, 15) is 4.79 Å². The van der Waals surface area contributed by atoms with Crippen LogP contribution in [0.3, 0.4) is 0 Å². The molecule has 21 heavy (non-hydrogen) atoms. The number of hydrogen-bond donors (Lipinski definition) is 3. The Morgan fingerprint density at radius 2 is 2.10 bits per heavy atom. The van der Waals surface area contributed by atoms with Crippen molar-refractivity contribution in [3.05, 3.63) is 34.8 Å². The molecule has 110 valence electrons. The summed E-state index contributed by atoms with van der Waals surface area (Å²) in [4.78, 5) is 12.3. The molecule has 0 saturated carbocycles. The van der Waals surface area contributed by atoms with E-state index >= 15 is 0 Å². The number of amides is 1. The van der Waals surface area contributed by atoms with Crippen molar-refractivity contribution in [1.82, 2.24) is 20.0 Å². The number of aromatic nitrogens is 4. The van der Waals surface area contributed by atoms with E-state index in [4.69, 9.17) is 10.9 Å². The highest BCUT2D eigenvalue weighted by molar-refractivity contribution is 6.09. The molecule has 2 aromatic heterocycles. The number of aryl methyl sites for hydroxylation is 3. The lowest BCUT2D eigenvalue weighted by molar-refractivity contribution is 0.102. The molecule has 0 atom stereocenters. The van der Waals surface area contributed by atoms with Crippen LogP contribution in [0, 0.1) is 13.8 Å². The molecule has 0 spiro atoms. The van der Waals surface area contributed by atoms with Gasteiger partial charge in [-0.15, -0.1) is 0 Å². The number of amidine groups is 1. The minimum absolute atomic E-state index is 0.140. The monoisotopic (exact) mass is 289 g/mol. The van der Waals surface area contributed by atoms with Crippen molar-refractivity contribution in [2.45, 2.75) is 13.8 Å². The fourth-order valence-electron chi connectivity index (χ4n) is 1.78. The normalized spacial score (nSPS) is 11.5. The number of carbonyl (C=O) groups excluding carboxylic acids is 1. The molecule has 2 rings (SSSR count). The Kier molecular flexibility index (Phi) is 3.83. The first-order valence-corrected chi connectivity index (χ1v) is 6.06. The van der Waals surface area contributed by atoms with Crippen LogP contribution >= 0.6 is 0 Å². The summed E-state index contributed by atoms with van der Waals surface area (Å²) in [6.45, 7) is 3.43. The van der Waals surface area contributed by atoms with E-state index in [1.54, 1.807) is 27.0 Å². The van der Waals surface area contributed by atoms with Gasteiger partial charge in [0.05, 0.1) is 28.7 Å². The van der Waals surface area contributed by atoms with Gasteiger partial charge in [0.15, 0.2) is 5.84 Å². The molecular weight excluding hydrogens is 274 g/mol. The maximum absolute atomic E-state index is 12.3. The van der Waals surface area contributed by atoms with Gasteiger partial charge in [0.25, 0.3) is 5.91 Å². The molecule has 9 nitrogen and oxygen atoms in total. The highest BCUT2D eigenvalue weighted by Gasteiger charge is 2.18. The van der Waals surface area contributed by atoms with Gasteiger partial charge in [-0.05, 0) is 19.9 Å². The van der Waals surface area contributed by atoms with Crippen LogP contribution < -0.4 is 11.1 Å². The van der Waals surface area contributed by atoms with Crippen molar-refractivity contribution in [3.8, 4) is 0 Å². The summed E-state index contributed by atoms with van der Waals surface area (Å²) in [7, 11) is 1.63. The summed E-state index contributed by atoms with van der Waals surface area (Å²) in [5.74, 6) is -0.190. The van der Waals surface area contributed by atoms with Gasteiger partial charge in [-0.3, -0.25) is 9.48 Å². The molecule has 0 aliphatic rings. The summed E-state index contributed by atoms with van der Waals surface area (Å²) >= 11 is 0. The summed E-state index contributed by atoms with van der Waals surface area (Å²) < 4.78 is 1.42. The second-order valence-corrected chi connectivity index (χ2v) is 4.45. The maximum Gasteiger partial charge on any atom is 0.258 e. The van der Waals surface area contributed by atoms with Crippen LogP contribution in [-0.2, 0) is 7.05 Å². The Balaban J connectivity index is 2.36. The molecule has 0 radical (unpaired) electrons. The lowest BCUT2D eigenvalue weighted by Gasteiger charge is -2.09. The van der Waals surface area contributed by atoms with Crippen LogP contribution in [0.1, 0.15) is 27.3 Å². The molecule has 0 unspecified atom stereocenters. The highest BCUT2D eigenvalue weighted by Crippen LogP contribution is 2.16. The van der Waals surface area contributed by atoms with Crippen LogP contribution in [0.15, 0.2) is 17.4 Å². The van der Waals surface area contributed by atoms with E-state index in [1.807, 2.05) is 0 Å². The van der Waals surface area contributed by atoms with Crippen molar-refractivity contribution >= 4 is 17.6 Å². The molecule has 4 N–H and O–H groups in total. The van der Waals surface area contributed by atoms with Crippen molar-refractivity contribution < 1.29 is 10.0 Å². The number of nitrogens with two attached hydrogens (primary N) is 1. The van der Waals surface area contributed by atoms with Crippen molar-refractivity contribution in [2.24, 2.45) is 17.9 Å². The van der Waals surface area contributed by atoms with Gasteiger partial charge >= 0.3 is 0 Å². The number of carbonyl (C=O) groups is 1. The Bertz CT molecular complexity index is 720. The first-order chi connectivity index (χ1) is 9.93. The third-order valence-corrected chi connectivity index (χ3v) is 2.90. The quantitative estimate of drug-likeness (QED) is 0.319. The summed E-state index contributed by atoms with van der Waals surface area (Å²) in [6.07, 6.45) is 1.40. The molecule has 0 bridgehead atoms. The van der Waals surface area contributed by atoms with Gasteiger partial charge in [0.2, 0.25) is 0 Å². The second-order valence-electron chi connectivity index (χ2n) is 4.45. The Labute approximate surface area is 120 Å². The predicted molar refractivity (Wildman–Crippen MR) is 75.2 cm³/mol. The number of nitrogens with zero attached hydrogens (tertiary/aromatic N) is 5. The van der Waals surface area contributed by atoms with Crippen LogP contribution in [0.25, 0.3) is 0 Å². The fraction of sp³-hybridized carbons (Fsp3) is 0.250. The number of anilines is 1. The van der Waals surface area contributed by atoms with E-state index in [-0.39, 0.29) is 11.7 Å². The largest absolute Gasteiger partial charge is 0.409 e. The molecule has 0 fully saturated rings. The van der Waals surface area contributed by atoms with E-state index in [0.717, 1.165) is 0 Å². The Morgan fingerprint density at radius 1 is 1.38 bits per heavy atom. The summed E-state index contributed by atoms with van der Waals surface area (Å²) in [6, 6.07) is 1.64. The van der Waals surface area contributed by atoms with Crippen LogP contribution in [0.4, 0.5) is 5.82 Å². The molecular formula is C12H15N7O2. The first kappa shape index (κ1) is 14.4. The van der Waals surface area contributed by atoms with Crippen molar-refractivity contribution in [3.63, 3.8) is 0 Å². The highest BCUT2D eigenvalue weighted by atomic mass is 16.4. The third kappa shape index (κ3) is 2.81. The molecule has 2 heterocycles. The maximum atomic E-state index is 12.3.